The Hall–Kier alpha value is -3.36. The minimum Gasteiger partial charge on any atom is -0.370 e. The maximum atomic E-state index is 12.2. The fraction of sp³-hybridized carbons (Fsp3) is 0.435. The van der Waals surface area contributed by atoms with Crippen LogP contribution in [0.3, 0.4) is 0 Å². The zero-order valence-corrected chi connectivity index (χ0v) is 19.8. The van der Waals surface area contributed by atoms with Crippen molar-refractivity contribution in [2.75, 3.05) is 34.9 Å². The molecule has 2 aliphatic rings. The highest BCUT2D eigenvalue weighted by molar-refractivity contribution is 7.89. The largest absolute Gasteiger partial charge is 0.370 e. The number of sulfone groups is 1. The Balaban J connectivity index is 1.50. The third-order valence-corrected chi connectivity index (χ3v) is 6.93. The Labute approximate surface area is 198 Å². The molecule has 1 aliphatic heterocycles. The summed E-state index contributed by atoms with van der Waals surface area (Å²) in [5, 5.41) is 20.5. The summed E-state index contributed by atoms with van der Waals surface area (Å²) < 4.78 is 26.0. The molecule has 178 valence electrons. The molecule has 1 aliphatic carbocycles. The van der Waals surface area contributed by atoms with Crippen LogP contribution in [0.15, 0.2) is 30.5 Å². The molecule has 5 rings (SSSR count). The normalized spacial score (nSPS) is 18.6. The van der Waals surface area contributed by atoms with E-state index in [1.54, 1.807) is 4.52 Å². The lowest BCUT2D eigenvalue weighted by molar-refractivity contribution is 0.505. The van der Waals surface area contributed by atoms with Crippen LogP contribution in [0.1, 0.15) is 36.8 Å². The van der Waals surface area contributed by atoms with Crippen molar-refractivity contribution in [3.63, 3.8) is 0 Å². The van der Waals surface area contributed by atoms with Gasteiger partial charge >= 0.3 is 0 Å². The number of fused-ring (bicyclic) bond motifs is 1. The molecule has 1 saturated carbocycles. The van der Waals surface area contributed by atoms with E-state index >= 15 is 0 Å². The van der Waals surface area contributed by atoms with Crippen LogP contribution in [0, 0.1) is 11.3 Å². The van der Waals surface area contributed by atoms with Gasteiger partial charge in [-0.3, -0.25) is 0 Å². The van der Waals surface area contributed by atoms with Crippen molar-refractivity contribution in [1.29, 1.82) is 5.26 Å². The molecule has 0 amide bonds. The molecular weight excluding hydrogens is 452 g/mol. The number of hydrogen-bond acceptors (Lipinski definition) is 9. The van der Waals surface area contributed by atoms with Crippen molar-refractivity contribution in [2.45, 2.75) is 43.5 Å². The zero-order chi connectivity index (χ0) is 23.9. The maximum Gasteiger partial charge on any atom is 0.177 e. The molecule has 1 aromatic carbocycles. The average Bonchev–Trinajstić information content (AvgIpc) is 3.49. The summed E-state index contributed by atoms with van der Waals surface area (Å²) in [5.41, 5.74) is 9.36. The van der Waals surface area contributed by atoms with Gasteiger partial charge in [-0.05, 0) is 49.4 Å². The summed E-state index contributed by atoms with van der Waals surface area (Å²) in [7, 11) is -3.24. The van der Waals surface area contributed by atoms with Gasteiger partial charge in [0.05, 0.1) is 11.9 Å². The number of nitrogens with two attached hydrogens (primary N) is 1. The average molecular weight is 481 g/mol. The van der Waals surface area contributed by atoms with Crippen LogP contribution < -0.4 is 21.3 Å². The van der Waals surface area contributed by atoms with Gasteiger partial charge in [0.2, 0.25) is 0 Å². The lowest BCUT2D eigenvalue weighted by atomic mass is 10.0. The van der Waals surface area contributed by atoms with Crippen molar-refractivity contribution in [3.8, 4) is 6.07 Å². The molecule has 0 spiro atoms. The number of anilines is 4. The van der Waals surface area contributed by atoms with Gasteiger partial charge in [0.1, 0.15) is 23.3 Å². The van der Waals surface area contributed by atoms with Crippen LogP contribution in [0.2, 0.25) is 0 Å². The molecule has 2 aromatic heterocycles. The van der Waals surface area contributed by atoms with Gasteiger partial charge < -0.3 is 21.3 Å². The second kappa shape index (κ2) is 8.77. The fourth-order valence-corrected chi connectivity index (χ4v) is 5.19. The maximum absolute atomic E-state index is 12.2. The van der Waals surface area contributed by atoms with Crippen LogP contribution >= 0.6 is 0 Å². The standard InChI is InChI=1S/C23H28N8O2S/c1-34(32,33)14-15-9-19(6-7-20(15)30-8-2-3-17(25)13-30)27-21-10-22(28-18-4-5-18)31-23(29-21)16(11-24)12-26-31/h6-7,9-10,12,17-18,28H,2-5,8,13-14,25H2,1H3,(H,27,29)/t17-/m0/s1. The number of nitriles is 1. The van der Waals surface area contributed by atoms with Crippen molar-refractivity contribution >= 4 is 38.5 Å². The Morgan fingerprint density at radius 2 is 2.09 bits per heavy atom. The number of nitrogens with zero attached hydrogens (tertiary/aromatic N) is 5. The number of piperidine rings is 1. The molecule has 34 heavy (non-hydrogen) atoms. The van der Waals surface area contributed by atoms with E-state index in [1.807, 2.05) is 24.3 Å². The van der Waals surface area contributed by atoms with Gasteiger partial charge in [0, 0.05) is 48.9 Å². The molecule has 11 heteroatoms. The van der Waals surface area contributed by atoms with E-state index in [-0.39, 0.29) is 11.8 Å². The first kappa shape index (κ1) is 22.4. The fourth-order valence-electron chi connectivity index (χ4n) is 4.39. The molecule has 0 unspecified atom stereocenters. The summed E-state index contributed by atoms with van der Waals surface area (Å²) in [6, 6.07) is 10.2. The van der Waals surface area contributed by atoms with E-state index in [4.69, 9.17) is 5.73 Å². The lowest BCUT2D eigenvalue weighted by Gasteiger charge is -2.34. The topological polar surface area (TPSA) is 141 Å². The highest BCUT2D eigenvalue weighted by atomic mass is 32.2. The molecule has 3 aromatic rings. The molecule has 2 fully saturated rings. The van der Waals surface area contributed by atoms with Gasteiger partial charge in [-0.15, -0.1) is 0 Å². The Kier molecular flexibility index (Phi) is 5.79. The molecule has 0 radical (unpaired) electrons. The molecule has 10 nitrogen and oxygen atoms in total. The lowest BCUT2D eigenvalue weighted by Crippen LogP contribution is -2.43. The van der Waals surface area contributed by atoms with Gasteiger partial charge in [-0.2, -0.15) is 14.9 Å². The van der Waals surface area contributed by atoms with Crippen LogP contribution in [0.25, 0.3) is 5.65 Å². The van der Waals surface area contributed by atoms with E-state index in [2.05, 4.69) is 31.7 Å². The van der Waals surface area contributed by atoms with Crippen LogP contribution in [-0.2, 0) is 15.6 Å². The number of nitrogens with one attached hydrogen (secondary N) is 2. The number of aromatic nitrogens is 3. The van der Waals surface area contributed by atoms with Gasteiger partial charge in [-0.1, -0.05) is 0 Å². The first-order valence-electron chi connectivity index (χ1n) is 11.4. The first-order chi connectivity index (χ1) is 16.3. The van der Waals surface area contributed by atoms with E-state index < -0.39 is 9.84 Å². The highest BCUT2D eigenvalue weighted by Gasteiger charge is 2.24. The number of benzene rings is 1. The van der Waals surface area contributed by atoms with Gasteiger partial charge in [0.25, 0.3) is 0 Å². The van der Waals surface area contributed by atoms with Crippen LogP contribution in [0.5, 0.6) is 0 Å². The minimum atomic E-state index is -3.24. The van der Waals surface area contributed by atoms with E-state index in [0.29, 0.717) is 29.6 Å². The highest BCUT2D eigenvalue weighted by Crippen LogP contribution is 2.31. The summed E-state index contributed by atoms with van der Waals surface area (Å²) >= 11 is 0. The number of hydrogen-bond donors (Lipinski definition) is 3. The molecule has 0 bridgehead atoms. The molecule has 3 heterocycles. The Morgan fingerprint density at radius 3 is 2.79 bits per heavy atom. The second-order valence-electron chi connectivity index (χ2n) is 9.24. The van der Waals surface area contributed by atoms with Crippen molar-refractivity contribution in [2.24, 2.45) is 5.73 Å². The first-order valence-corrected chi connectivity index (χ1v) is 13.5. The quantitative estimate of drug-likeness (QED) is 0.465. The van der Waals surface area contributed by atoms with Crippen LogP contribution in [0.4, 0.5) is 23.0 Å². The minimum absolute atomic E-state index is 0.0637. The SMILES string of the molecule is CS(=O)(=O)Cc1cc(Nc2cc(NC3CC3)n3ncc(C#N)c3n2)ccc1N1CCC[C@H](N)C1. The predicted octanol–water partition coefficient (Wildman–Crippen LogP) is 2.39. The monoisotopic (exact) mass is 480 g/mol. The van der Waals surface area contributed by atoms with Gasteiger partial charge in [-0.25, -0.2) is 13.4 Å². The van der Waals surface area contributed by atoms with E-state index in [9.17, 15) is 13.7 Å². The molecule has 1 saturated heterocycles. The predicted molar refractivity (Wildman–Crippen MR) is 132 cm³/mol. The molecule has 4 N–H and O–H groups in total. The summed E-state index contributed by atoms with van der Waals surface area (Å²) in [4.78, 5) is 6.77. The molecule has 1 atom stereocenters. The third kappa shape index (κ3) is 4.93. The summed E-state index contributed by atoms with van der Waals surface area (Å²) in [5.74, 6) is 1.24. The zero-order valence-electron chi connectivity index (χ0n) is 19.0. The second-order valence-corrected chi connectivity index (χ2v) is 11.4. The van der Waals surface area contributed by atoms with Crippen LogP contribution in [-0.4, -0.2) is 54.4 Å². The van der Waals surface area contributed by atoms with E-state index in [0.717, 1.165) is 55.0 Å². The summed E-state index contributed by atoms with van der Waals surface area (Å²) in [6.45, 7) is 1.56. The number of rotatable bonds is 7. The smallest absolute Gasteiger partial charge is 0.177 e. The van der Waals surface area contributed by atoms with Crippen molar-refractivity contribution in [3.05, 3.63) is 41.6 Å². The van der Waals surface area contributed by atoms with Crippen molar-refractivity contribution in [1.82, 2.24) is 14.6 Å². The van der Waals surface area contributed by atoms with E-state index in [1.165, 1.54) is 12.5 Å². The third-order valence-electron chi connectivity index (χ3n) is 6.09. The molecular formula is C23H28N8O2S. The Morgan fingerprint density at radius 1 is 1.26 bits per heavy atom. The van der Waals surface area contributed by atoms with Crippen molar-refractivity contribution < 1.29 is 8.42 Å². The summed E-state index contributed by atoms with van der Waals surface area (Å²) in [6.07, 6.45) is 6.89. The Bertz CT molecular complexity index is 1370. The van der Waals surface area contributed by atoms with Gasteiger partial charge in [0.15, 0.2) is 15.5 Å².